The molecule has 1 amide bonds. The fourth-order valence-electron chi connectivity index (χ4n) is 2.00. The van der Waals surface area contributed by atoms with Crippen molar-refractivity contribution in [3.8, 4) is 0 Å². The molecule has 0 saturated heterocycles. The molecule has 0 radical (unpaired) electrons. The molecule has 0 atom stereocenters. The number of benzene rings is 1. The van der Waals surface area contributed by atoms with Crippen LogP contribution in [0.25, 0.3) is 0 Å². The molecule has 1 rings (SSSR count). The van der Waals surface area contributed by atoms with Gasteiger partial charge in [-0.3, -0.25) is 4.79 Å². The van der Waals surface area contributed by atoms with Crippen LogP contribution in [0.4, 0.5) is 4.39 Å². The van der Waals surface area contributed by atoms with Crippen molar-refractivity contribution in [1.29, 1.82) is 0 Å². The van der Waals surface area contributed by atoms with Gasteiger partial charge in [-0.05, 0) is 31.4 Å². The number of nitrogens with zero attached hydrogens (tertiary/aromatic N) is 1. The minimum Gasteiger partial charge on any atom is -0.339 e. The molecule has 0 fully saturated rings. The summed E-state index contributed by atoms with van der Waals surface area (Å²) in [5.74, 6) is -0.561. The molecule has 0 aliphatic heterocycles. The van der Waals surface area contributed by atoms with Gasteiger partial charge in [-0.25, -0.2) is 4.39 Å². The van der Waals surface area contributed by atoms with Crippen molar-refractivity contribution >= 4 is 5.91 Å². The molecule has 0 saturated carbocycles. The van der Waals surface area contributed by atoms with Gasteiger partial charge in [0.2, 0.25) is 0 Å². The van der Waals surface area contributed by atoms with Crippen molar-refractivity contribution in [2.45, 2.75) is 46.5 Å². The van der Waals surface area contributed by atoms with E-state index in [0.717, 1.165) is 25.7 Å². The lowest BCUT2D eigenvalue weighted by Crippen LogP contribution is -2.33. The van der Waals surface area contributed by atoms with E-state index in [1.807, 2.05) is 0 Å². The molecule has 0 unspecified atom stereocenters. The molecule has 1 aromatic carbocycles. The summed E-state index contributed by atoms with van der Waals surface area (Å²) in [5, 5.41) is 0. The van der Waals surface area contributed by atoms with Crippen molar-refractivity contribution < 1.29 is 9.18 Å². The molecule has 0 aliphatic rings. The number of aryl methyl sites for hydroxylation is 1. The molecule has 0 spiro atoms. The lowest BCUT2D eigenvalue weighted by molar-refractivity contribution is 0.0746. The smallest absolute Gasteiger partial charge is 0.256 e. The second-order valence-electron chi connectivity index (χ2n) is 4.94. The van der Waals surface area contributed by atoms with Crippen molar-refractivity contribution in [3.63, 3.8) is 0 Å². The van der Waals surface area contributed by atoms with Gasteiger partial charge in [0.05, 0.1) is 5.56 Å². The normalized spacial score (nSPS) is 10.5. The Hall–Kier alpha value is -1.38. The fourth-order valence-corrected chi connectivity index (χ4v) is 2.00. The van der Waals surface area contributed by atoms with E-state index in [4.69, 9.17) is 0 Å². The zero-order chi connectivity index (χ0) is 14.3. The van der Waals surface area contributed by atoms with E-state index in [9.17, 15) is 9.18 Å². The van der Waals surface area contributed by atoms with Crippen LogP contribution in [0.15, 0.2) is 18.2 Å². The van der Waals surface area contributed by atoms with Gasteiger partial charge in [-0.1, -0.05) is 38.8 Å². The Bertz CT molecular complexity index is 409. The van der Waals surface area contributed by atoms with E-state index in [0.29, 0.717) is 18.7 Å². The van der Waals surface area contributed by atoms with Crippen LogP contribution in [0.5, 0.6) is 0 Å². The number of amides is 1. The first-order chi connectivity index (χ1) is 9.11. The van der Waals surface area contributed by atoms with Crippen molar-refractivity contribution in [2.75, 3.05) is 13.1 Å². The lowest BCUT2D eigenvalue weighted by atomic mass is 10.1. The van der Waals surface area contributed by atoms with Crippen LogP contribution in [0.1, 0.15) is 55.5 Å². The van der Waals surface area contributed by atoms with Crippen LogP contribution in [0.3, 0.4) is 0 Å². The molecule has 0 aliphatic carbocycles. The summed E-state index contributed by atoms with van der Waals surface area (Å²) in [4.78, 5) is 14.2. The Balaban J connectivity index is 2.87. The Kier molecular flexibility index (Phi) is 6.54. The predicted molar refractivity (Wildman–Crippen MR) is 76.9 cm³/mol. The summed E-state index contributed by atoms with van der Waals surface area (Å²) in [6.07, 6.45) is 3.99. The van der Waals surface area contributed by atoms with Gasteiger partial charge in [0.1, 0.15) is 5.82 Å². The lowest BCUT2D eigenvalue weighted by Gasteiger charge is -2.23. The fraction of sp³-hybridized carbons (Fsp3) is 0.562. The average Bonchev–Trinajstić information content (AvgIpc) is 2.41. The Morgan fingerprint density at radius 2 is 1.74 bits per heavy atom. The number of hydrogen-bond donors (Lipinski definition) is 0. The maximum atomic E-state index is 14.0. The zero-order valence-electron chi connectivity index (χ0n) is 12.2. The van der Waals surface area contributed by atoms with Gasteiger partial charge in [0.25, 0.3) is 5.91 Å². The van der Waals surface area contributed by atoms with Crippen LogP contribution in [-0.4, -0.2) is 23.9 Å². The first-order valence-electron chi connectivity index (χ1n) is 7.16. The minimum absolute atomic E-state index is 0.178. The third kappa shape index (κ3) is 4.34. The molecule has 106 valence electrons. The number of carbonyl (C=O) groups excluding carboxylic acids is 1. The largest absolute Gasteiger partial charge is 0.339 e. The molecule has 3 heteroatoms. The first-order valence-corrected chi connectivity index (χ1v) is 7.16. The molecule has 2 nitrogen and oxygen atoms in total. The van der Waals surface area contributed by atoms with E-state index in [1.165, 1.54) is 0 Å². The summed E-state index contributed by atoms with van der Waals surface area (Å²) in [6.45, 7) is 7.30. The quantitative estimate of drug-likeness (QED) is 0.724. The Morgan fingerprint density at radius 3 is 2.26 bits per heavy atom. The van der Waals surface area contributed by atoms with E-state index >= 15 is 0 Å². The van der Waals surface area contributed by atoms with Gasteiger partial charge in [-0.2, -0.15) is 0 Å². The van der Waals surface area contributed by atoms with Crippen molar-refractivity contribution in [2.24, 2.45) is 0 Å². The summed E-state index contributed by atoms with van der Waals surface area (Å²) >= 11 is 0. The highest BCUT2D eigenvalue weighted by atomic mass is 19.1. The van der Waals surface area contributed by atoms with Crippen LogP contribution in [0.2, 0.25) is 0 Å². The molecule has 1 aromatic rings. The molecular weight excluding hydrogens is 241 g/mol. The Morgan fingerprint density at radius 1 is 1.16 bits per heavy atom. The number of carbonyl (C=O) groups is 1. The van der Waals surface area contributed by atoms with Gasteiger partial charge in [0, 0.05) is 13.1 Å². The predicted octanol–water partition coefficient (Wildman–Crippen LogP) is 4.18. The molecule has 0 bridgehead atoms. The third-order valence-electron chi connectivity index (χ3n) is 3.27. The number of rotatable bonds is 7. The minimum atomic E-state index is -0.384. The maximum absolute atomic E-state index is 14.0. The standard InChI is InChI=1S/C16H24FNO/c1-4-6-11-18(12-7-5-2)16(19)14-10-8-9-13(3)15(14)17/h8-10H,4-7,11-12H2,1-3H3. The molecular formula is C16H24FNO. The second kappa shape index (κ2) is 7.93. The number of hydrogen-bond acceptors (Lipinski definition) is 1. The number of halogens is 1. The number of unbranched alkanes of at least 4 members (excludes halogenated alkanes) is 2. The van der Waals surface area contributed by atoms with Gasteiger partial charge >= 0.3 is 0 Å². The monoisotopic (exact) mass is 265 g/mol. The molecule has 0 N–H and O–H groups in total. The topological polar surface area (TPSA) is 20.3 Å². The summed E-state index contributed by atoms with van der Waals surface area (Å²) < 4.78 is 14.0. The van der Waals surface area contributed by atoms with Gasteiger partial charge < -0.3 is 4.90 Å². The second-order valence-corrected chi connectivity index (χ2v) is 4.94. The van der Waals surface area contributed by atoms with Gasteiger partial charge in [0.15, 0.2) is 0 Å². The van der Waals surface area contributed by atoms with Crippen LogP contribution in [-0.2, 0) is 0 Å². The van der Waals surface area contributed by atoms with Crippen molar-refractivity contribution in [3.05, 3.63) is 35.1 Å². The molecule has 19 heavy (non-hydrogen) atoms. The van der Waals surface area contributed by atoms with E-state index in [2.05, 4.69) is 13.8 Å². The molecule has 0 aromatic heterocycles. The van der Waals surface area contributed by atoms with E-state index < -0.39 is 0 Å². The zero-order valence-corrected chi connectivity index (χ0v) is 12.2. The van der Waals surface area contributed by atoms with Crippen LogP contribution in [0, 0.1) is 12.7 Å². The van der Waals surface area contributed by atoms with Crippen LogP contribution >= 0.6 is 0 Å². The highest BCUT2D eigenvalue weighted by Gasteiger charge is 2.19. The maximum Gasteiger partial charge on any atom is 0.256 e. The van der Waals surface area contributed by atoms with Gasteiger partial charge in [-0.15, -0.1) is 0 Å². The average molecular weight is 265 g/mol. The van der Waals surface area contributed by atoms with E-state index in [-0.39, 0.29) is 17.3 Å². The highest BCUT2D eigenvalue weighted by Crippen LogP contribution is 2.15. The first kappa shape index (κ1) is 15.7. The summed E-state index contributed by atoms with van der Waals surface area (Å²) in [5.41, 5.74) is 0.726. The highest BCUT2D eigenvalue weighted by molar-refractivity contribution is 5.94. The van der Waals surface area contributed by atoms with Crippen molar-refractivity contribution in [1.82, 2.24) is 4.90 Å². The van der Waals surface area contributed by atoms with E-state index in [1.54, 1.807) is 30.0 Å². The van der Waals surface area contributed by atoms with Crippen LogP contribution < -0.4 is 0 Å². The molecule has 0 heterocycles. The SMILES string of the molecule is CCCCN(CCCC)C(=O)c1cccc(C)c1F. The Labute approximate surface area is 115 Å². The third-order valence-corrected chi connectivity index (χ3v) is 3.27. The summed E-state index contributed by atoms with van der Waals surface area (Å²) in [6, 6.07) is 5.01. The summed E-state index contributed by atoms with van der Waals surface area (Å²) in [7, 11) is 0.